The summed E-state index contributed by atoms with van der Waals surface area (Å²) in [5.41, 5.74) is 1.11. The second-order valence-electron chi connectivity index (χ2n) is 6.50. The van der Waals surface area contributed by atoms with E-state index >= 15 is 0 Å². The molecule has 1 aliphatic rings. The van der Waals surface area contributed by atoms with Gasteiger partial charge in [0.05, 0.1) is 18.7 Å². The first-order valence-electron chi connectivity index (χ1n) is 8.80. The van der Waals surface area contributed by atoms with Gasteiger partial charge in [-0.2, -0.15) is 0 Å². The highest BCUT2D eigenvalue weighted by molar-refractivity contribution is 5.89. The van der Waals surface area contributed by atoms with Gasteiger partial charge >= 0.3 is 0 Å². The van der Waals surface area contributed by atoms with Crippen molar-refractivity contribution in [2.75, 3.05) is 13.1 Å². The zero-order valence-corrected chi connectivity index (χ0v) is 14.6. The lowest BCUT2D eigenvalue weighted by atomic mass is 10.1. The minimum absolute atomic E-state index is 0.0194. The molecule has 132 valence electrons. The summed E-state index contributed by atoms with van der Waals surface area (Å²) in [5.74, 6) is 0.570. The Morgan fingerprint density at radius 1 is 1.24 bits per heavy atom. The molecule has 5 heteroatoms. The summed E-state index contributed by atoms with van der Waals surface area (Å²) in [4.78, 5) is 28.8. The smallest absolute Gasteiger partial charge is 0.228 e. The largest absolute Gasteiger partial charge is 0.467 e. The fraction of sp³-hybridized carbons (Fsp3) is 0.400. The minimum atomic E-state index is -0.266. The molecule has 0 bridgehead atoms. The molecule has 1 saturated heterocycles. The quantitative estimate of drug-likeness (QED) is 0.778. The molecule has 5 nitrogen and oxygen atoms in total. The molecule has 1 unspecified atom stereocenters. The molecule has 0 N–H and O–H groups in total. The Kier molecular flexibility index (Phi) is 5.53. The van der Waals surface area contributed by atoms with Crippen molar-refractivity contribution in [2.45, 2.75) is 32.9 Å². The molecule has 0 saturated carbocycles. The normalized spacial score (nSPS) is 17.1. The molecule has 2 aromatic rings. The zero-order chi connectivity index (χ0) is 17.6. The van der Waals surface area contributed by atoms with E-state index in [-0.39, 0.29) is 24.2 Å². The third-order valence-corrected chi connectivity index (χ3v) is 4.51. The van der Waals surface area contributed by atoms with Gasteiger partial charge in [-0.3, -0.25) is 9.59 Å². The molecule has 1 atom stereocenters. The van der Waals surface area contributed by atoms with E-state index in [9.17, 15) is 9.59 Å². The van der Waals surface area contributed by atoms with Crippen molar-refractivity contribution in [3.63, 3.8) is 0 Å². The SMILES string of the molecule is CCCN(Cc1ccccc1)C(=O)C1CC(=O)N(Cc2ccco2)C1. The lowest BCUT2D eigenvalue weighted by Gasteiger charge is -2.25. The summed E-state index contributed by atoms with van der Waals surface area (Å²) in [7, 11) is 0. The number of furan rings is 1. The van der Waals surface area contributed by atoms with Gasteiger partial charge in [0.2, 0.25) is 11.8 Å². The number of nitrogens with zero attached hydrogens (tertiary/aromatic N) is 2. The molecule has 25 heavy (non-hydrogen) atoms. The van der Waals surface area contributed by atoms with E-state index in [1.165, 1.54) is 0 Å². The van der Waals surface area contributed by atoms with Crippen LogP contribution in [0.5, 0.6) is 0 Å². The Balaban J connectivity index is 1.64. The Labute approximate surface area is 148 Å². The Morgan fingerprint density at radius 2 is 2.04 bits per heavy atom. The van der Waals surface area contributed by atoms with Crippen LogP contribution in [-0.4, -0.2) is 34.7 Å². The summed E-state index contributed by atoms with van der Waals surface area (Å²) < 4.78 is 5.32. The second-order valence-corrected chi connectivity index (χ2v) is 6.50. The maximum Gasteiger partial charge on any atom is 0.228 e. The van der Waals surface area contributed by atoms with Crippen LogP contribution < -0.4 is 0 Å². The van der Waals surface area contributed by atoms with Gasteiger partial charge < -0.3 is 14.2 Å². The molecule has 1 aliphatic heterocycles. The lowest BCUT2D eigenvalue weighted by Crippen LogP contribution is -2.37. The fourth-order valence-electron chi connectivity index (χ4n) is 3.28. The molecular weight excluding hydrogens is 316 g/mol. The van der Waals surface area contributed by atoms with Gasteiger partial charge in [-0.25, -0.2) is 0 Å². The topological polar surface area (TPSA) is 53.8 Å². The van der Waals surface area contributed by atoms with Crippen LogP contribution in [0.25, 0.3) is 0 Å². The van der Waals surface area contributed by atoms with Crippen molar-refractivity contribution in [2.24, 2.45) is 5.92 Å². The van der Waals surface area contributed by atoms with Crippen molar-refractivity contribution >= 4 is 11.8 Å². The van der Waals surface area contributed by atoms with Crippen LogP contribution in [0.3, 0.4) is 0 Å². The van der Waals surface area contributed by atoms with Crippen LogP contribution in [0.1, 0.15) is 31.1 Å². The molecule has 1 aromatic carbocycles. The number of amides is 2. The summed E-state index contributed by atoms with van der Waals surface area (Å²) in [6, 6.07) is 13.6. The number of hydrogen-bond donors (Lipinski definition) is 0. The first kappa shape index (κ1) is 17.3. The van der Waals surface area contributed by atoms with E-state index in [2.05, 4.69) is 6.92 Å². The number of benzene rings is 1. The Bertz CT molecular complexity index is 697. The molecule has 3 rings (SSSR count). The average Bonchev–Trinajstić information content (AvgIpc) is 3.25. The molecule has 1 aromatic heterocycles. The van der Waals surface area contributed by atoms with Crippen LogP contribution in [0.15, 0.2) is 53.1 Å². The molecular formula is C20H24N2O3. The molecule has 2 amide bonds. The van der Waals surface area contributed by atoms with E-state index < -0.39 is 0 Å². The predicted octanol–water partition coefficient (Wildman–Crippen LogP) is 3.07. The number of carbonyl (C=O) groups excluding carboxylic acids is 2. The summed E-state index contributed by atoms with van der Waals surface area (Å²) in [6.07, 6.45) is 2.78. The zero-order valence-electron chi connectivity index (χ0n) is 14.6. The number of hydrogen-bond acceptors (Lipinski definition) is 3. The van der Waals surface area contributed by atoms with Crippen LogP contribution in [0.4, 0.5) is 0 Å². The van der Waals surface area contributed by atoms with Crippen molar-refractivity contribution in [1.82, 2.24) is 9.80 Å². The van der Waals surface area contributed by atoms with Gasteiger partial charge in [-0.15, -0.1) is 0 Å². The highest BCUT2D eigenvalue weighted by Crippen LogP contribution is 2.23. The molecule has 1 fully saturated rings. The Morgan fingerprint density at radius 3 is 2.72 bits per heavy atom. The third kappa shape index (κ3) is 4.29. The minimum Gasteiger partial charge on any atom is -0.467 e. The van der Waals surface area contributed by atoms with Crippen LogP contribution in [0.2, 0.25) is 0 Å². The van der Waals surface area contributed by atoms with E-state index in [1.54, 1.807) is 17.2 Å². The Hall–Kier alpha value is -2.56. The summed E-state index contributed by atoms with van der Waals surface area (Å²) >= 11 is 0. The number of likely N-dealkylation sites (tertiary alicyclic amines) is 1. The number of carbonyl (C=O) groups is 2. The van der Waals surface area contributed by atoms with Crippen molar-refractivity contribution in [3.8, 4) is 0 Å². The summed E-state index contributed by atoms with van der Waals surface area (Å²) in [5, 5.41) is 0. The monoisotopic (exact) mass is 340 g/mol. The van der Waals surface area contributed by atoms with Crippen LogP contribution >= 0.6 is 0 Å². The maximum absolute atomic E-state index is 13.0. The van der Waals surface area contributed by atoms with E-state index in [1.807, 2.05) is 41.3 Å². The van der Waals surface area contributed by atoms with Gasteiger partial charge in [0, 0.05) is 26.1 Å². The first-order chi connectivity index (χ1) is 12.2. The third-order valence-electron chi connectivity index (χ3n) is 4.51. The summed E-state index contributed by atoms with van der Waals surface area (Å²) in [6.45, 7) is 4.26. The number of rotatable bonds is 7. The highest BCUT2D eigenvalue weighted by atomic mass is 16.3. The predicted molar refractivity (Wildman–Crippen MR) is 94.4 cm³/mol. The van der Waals surface area contributed by atoms with E-state index in [4.69, 9.17) is 4.42 Å². The van der Waals surface area contributed by atoms with Crippen LogP contribution in [0, 0.1) is 5.92 Å². The van der Waals surface area contributed by atoms with Gasteiger partial charge in [0.25, 0.3) is 0 Å². The van der Waals surface area contributed by atoms with Crippen molar-refractivity contribution in [1.29, 1.82) is 0 Å². The molecule has 0 spiro atoms. The average molecular weight is 340 g/mol. The maximum atomic E-state index is 13.0. The fourth-order valence-corrected chi connectivity index (χ4v) is 3.28. The second kappa shape index (κ2) is 8.01. The van der Waals surface area contributed by atoms with Crippen LogP contribution in [-0.2, 0) is 22.7 Å². The molecule has 2 heterocycles. The van der Waals surface area contributed by atoms with Gasteiger partial charge in [-0.1, -0.05) is 37.3 Å². The van der Waals surface area contributed by atoms with Crippen molar-refractivity contribution < 1.29 is 14.0 Å². The molecule has 0 radical (unpaired) electrons. The standard InChI is InChI=1S/C20H24N2O3/c1-2-10-21(13-16-7-4-3-5-8-16)20(24)17-12-19(23)22(14-17)15-18-9-6-11-25-18/h3-9,11,17H,2,10,12-15H2,1H3. The van der Waals surface area contributed by atoms with E-state index in [0.29, 0.717) is 26.2 Å². The highest BCUT2D eigenvalue weighted by Gasteiger charge is 2.36. The lowest BCUT2D eigenvalue weighted by molar-refractivity contribution is -0.136. The first-order valence-corrected chi connectivity index (χ1v) is 8.80. The van der Waals surface area contributed by atoms with Crippen molar-refractivity contribution in [3.05, 3.63) is 60.1 Å². The van der Waals surface area contributed by atoms with Gasteiger partial charge in [0.15, 0.2) is 0 Å². The van der Waals surface area contributed by atoms with Gasteiger partial charge in [-0.05, 0) is 24.1 Å². The molecule has 0 aliphatic carbocycles. The van der Waals surface area contributed by atoms with Gasteiger partial charge in [0.1, 0.15) is 5.76 Å². The van der Waals surface area contributed by atoms with E-state index in [0.717, 1.165) is 17.7 Å².